The molecule has 4 rings (SSSR count). The molecule has 3 aromatic rings. The van der Waals surface area contributed by atoms with Crippen LogP contribution >= 0.6 is 0 Å². The molecule has 0 bridgehead atoms. The number of aryl methyl sites for hydroxylation is 3. The molecule has 134 valence electrons. The van der Waals surface area contributed by atoms with Crippen LogP contribution < -0.4 is 0 Å². The first-order valence-electron chi connectivity index (χ1n) is 9.03. The van der Waals surface area contributed by atoms with Gasteiger partial charge in [0, 0.05) is 30.4 Å². The molecular weight excluding hydrogens is 326 g/mol. The lowest BCUT2D eigenvalue weighted by Crippen LogP contribution is -2.32. The first kappa shape index (κ1) is 16.7. The molecule has 1 amide bonds. The number of para-hydroxylation sites is 2. The van der Waals surface area contributed by atoms with Gasteiger partial charge < -0.3 is 9.47 Å². The van der Waals surface area contributed by atoms with E-state index in [0.29, 0.717) is 13.1 Å². The Morgan fingerprint density at radius 3 is 2.62 bits per heavy atom. The summed E-state index contributed by atoms with van der Waals surface area (Å²) < 4.78 is 2.00. The monoisotopic (exact) mass is 349 g/mol. The number of rotatable bonds is 3. The summed E-state index contributed by atoms with van der Waals surface area (Å²) in [5, 5.41) is 0. The van der Waals surface area contributed by atoms with E-state index in [1.165, 1.54) is 0 Å². The average molecular weight is 349 g/mol. The van der Waals surface area contributed by atoms with Crippen molar-refractivity contribution in [3.8, 4) is 0 Å². The number of imidazole rings is 1. The smallest absolute Gasteiger partial charge is 0.242 e. The Morgan fingerprint density at radius 1 is 1.12 bits per heavy atom. The van der Waals surface area contributed by atoms with Gasteiger partial charge >= 0.3 is 0 Å². The lowest BCUT2D eigenvalue weighted by atomic mass is 10.1. The predicted octanol–water partition coefficient (Wildman–Crippen LogP) is 2.77. The van der Waals surface area contributed by atoms with Gasteiger partial charge in [0.1, 0.15) is 18.2 Å². The summed E-state index contributed by atoms with van der Waals surface area (Å²) in [5.41, 5.74) is 3.91. The number of benzene rings is 1. The zero-order chi connectivity index (χ0) is 18.3. The Labute approximate surface area is 152 Å². The van der Waals surface area contributed by atoms with Crippen LogP contribution in [0.15, 0.2) is 30.3 Å². The number of hydrogen-bond donors (Lipinski definition) is 0. The van der Waals surface area contributed by atoms with Gasteiger partial charge in [-0.25, -0.2) is 15.0 Å². The molecule has 0 aliphatic carbocycles. The van der Waals surface area contributed by atoms with Crippen LogP contribution in [0.3, 0.4) is 0 Å². The third kappa shape index (κ3) is 3.07. The maximum Gasteiger partial charge on any atom is 0.242 e. The summed E-state index contributed by atoms with van der Waals surface area (Å²) in [7, 11) is 0. The summed E-state index contributed by atoms with van der Waals surface area (Å²) in [6.07, 6.45) is 0.915. The summed E-state index contributed by atoms with van der Waals surface area (Å²) >= 11 is 0. The highest BCUT2D eigenvalue weighted by Gasteiger charge is 2.29. The van der Waals surface area contributed by atoms with Crippen LogP contribution in [0, 0.1) is 20.8 Å². The van der Waals surface area contributed by atoms with Crippen LogP contribution in [-0.4, -0.2) is 43.4 Å². The van der Waals surface area contributed by atoms with Gasteiger partial charge in [-0.1, -0.05) is 12.1 Å². The molecule has 1 fully saturated rings. The average Bonchev–Trinajstić information content (AvgIpc) is 3.20. The van der Waals surface area contributed by atoms with E-state index in [0.717, 1.165) is 47.0 Å². The molecule has 6 heteroatoms. The maximum absolute atomic E-state index is 12.9. The first-order chi connectivity index (χ1) is 12.5. The fraction of sp³-hybridized carbons (Fsp3) is 0.400. The van der Waals surface area contributed by atoms with Gasteiger partial charge in [0.2, 0.25) is 5.91 Å². The van der Waals surface area contributed by atoms with Crippen molar-refractivity contribution in [2.24, 2.45) is 0 Å². The zero-order valence-electron chi connectivity index (χ0n) is 15.4. The van der Waals surface area contributed by atoms with Gasteiger partial charge in [0.15, 0.2) is 0 Å². The van der Waals surface area contributed by atoms with Crippen molar-refractivity contribution in [2.45, 2.75) is 39.7 Å². The molecule has 2 aromatic heterocycles. The minimum absolute atomic E-state index is 0.128. The van der Waals surface area contributed by atoms with Crippen LogP contribution in [0.4, 0.5) is 0 Å². The van der Waals surface area contributed by atoms with E-state index in [4.69, 9.17) is 0 Å². The lowest BCUT2D eigenvalue weighted by Gasteiger charge is -2.17. The van der Waals surface area contributed by atoms with Crippen LogP contribution in [-0.2, 0) is 11.3 Å². The molecular formula is C20H23N5O. The number of fused-ring (bicyclic) bond motifs is 1. The summed E-state index contributed by atoms with van der Waals surface area (Å²) in [6, 6.07) is 9.92. The molecule has 3 heterocycles. The van der Waals surface area contributed by atoms with Gasteiger partial charge in [-0.2, -0.15) is 0 Å². The van der Waals surface area contributed by atoms with Crippen molar-refractivity contribution >= 4 is 16.9 Å². The lowest BCUT2D eigenvalue weighted by molar-refractivity contribution is -0.130. The number of carbonyl (C=O) groups is 1. The molecule has 1 saturated heterocycles. The van der Waals surface area contributed by atoms with E-state index in [9.17, 15) is 4.79 Å². The number of carbonyl (C=O) groups excluding carboxylic acids is 1. The predicted molar refractivity (Wildman–Crippen MR) is 99.9 cm³/mol. The zero-order valence-corrected chi connectivity index (χ0v) is 15.4. The van der Waals surface area contributed by atoms with Crippen molar-refractivity contribution in [3.05, 3.63) is 53.4 Å². The molecule has 1 aromatic carbocycles. The maximum atomic E-state index is 12.9. The highest BCUT2D eigenvalue weighted by atomic mass is 16.2. The van der Waals surface area contributed by atoms with E-state index in [1.807, 2.05) is 60.6 Å². The Morgan fingerprint density at radius 2 is 1.85 bits per heavy atom. The summed E-state index contributed by atoms with van der Waals surface area (Å²) in [6.45, 7) is 7.70. The van der Waals surface area contributed by atoms with Gasteiger partial charge in [0.25, 0.3) is 0 Å². The topological polar surface area (TPSA) is 63.9 Å². The fourth-order valence-corrected chi connectivity index (χ4v) is 3.76. The third-order valence-electron chi connectivity index (χ3n) is 5.04. The van der Waals surface area contributed by atoms with E-state index in [2.05, 4.69) is 15.0 Å². The van der Waals surface area contributed by atoms with Gasteiger partial charge in [-0.15, -0.1) is 0 Å². The van der Waals surface area contributed by atoms with Gasteiger partial charge in [-0.05, 0) is 45.4 Å². The normalized spacial score (nSPS) is 17.2. The van der Waals surface area contributed by atoms with E-state index < -0.39 is 0 Å². The molecule has 1 aliphatic rings. The van der Waals surface area contributed by atoms with Crippen LogP contribution in [0.2, 0.25) is 0 Å². The van der Waals surface area contributed by atoms with Crippen molar-refractivity contribution in [2.75, 3.05) is 13.1 Å². The van der Waals surface area contributed by atoms with Crippen molar-refractivity contribution in [1.82, 2.24) is 24.4 Å². The van der Waals surface area contributed by atoms with Crippen molar-refractivity contribution in [1.29, 1.82) is 0 Å². The minimum atomic E-state index is 0.128. The Hall–Kier alpha value is -2.76. The Bertz CT molecular complexity index is 957. The molecule has 1 atom stereocenters. The molecule has 1 aliphatic heterocycles. The highest BCUT2D eigenvalue weighted by Crippen LogP contribution is 2.26. The molecule has 0 N–H and O–H groups in total. The van der Waals surface area contributed by atoms with Crippen molar-refractivity contribution < 1.29 is 4.79 Å². The van der Waals surface area contributed by atoms with Crippen molar-refractivity contribution in [3.63, 3.8) is 0 Å². The van der Waals surface area contributed by atoms with Crippen LogP contribution in [0.1, 0.15) is 35.4 Å². The quantitative estimate of drug-likeness (QED) is 0.729. The van der Waals surface area contributed by atoms with E-state index in [-0.39, 0.29) is 11.8 Å². The number of nitrogens with zero attached hydrogens (tertiary/aromatic N) is 5. The standard InChI is InChI=1S/C20H23N5O/c1-13-10-14(2)22-20(21-13)16-8-9-24(11-16)19(26)12-25-15(3)23-17-6-4-5-7-18(17)25/h4-7,10,16H,8-9,11-12H2,1-3H3. The Balaban J connectivity index is 1.50. The second-order valence-corrected chi connectivity index (χ2v) is 7.07. The molecule has 6 nitrogen and oxygen atoms in total. The fourth-order valence-electron chi connectivity index (χ4n) is 3.76. The molecule has 1 unspecified atom stereocenters. The molecule has 0 saturated carbocycles. The van der Waals surface area contributed by atoms with Crippen LogP contribution in [0.5, 0.6) is 0 Å². The third-order valence-corrected chi connectivity index (χ3v) is 5.04. The minimum Gasteiger partial charge on any atom is -0.340 e. The number of likely N-dealkylation sites (tertiary alicyclic amines) is 1. The molecule has 0 spiro atoms. The summed E-state index contributed by atoms with van der Waals surface area (Å²) in [4.78, 5) is 28.5. The van der Waals surface area contributed by atoms with Gasteiger partial charge in [0.05, 0.1) is 11.0 Å². The largest absolute Gasteiger partial charge is 0.340 e. The second kappa shape index (κ2) is 6.52. The highest BCUT2D eigenvalue weighted by molar-refractivity contribution is 5.81. The number of aromatic nitrogens is 4. The number of amides is 1. The van der Waals surface area contributed by atoms with E-state index in [1.54, 1.807) is 0 Å². The van der Waals surface area contributed by atoms with Gasteiger partial charge in [-0.3, -0.25) is 4.79 Å². The number of hydrogen-bond acceptors (Lipinski definition) is 4. The first-order valence-corrected chi connectivity index (χ1v) is 9.03. The van der Waals surface area contributed by atoms with Crippen LogP contribution in [0.25, 0.3) is 11.0 Å². The van der Waals surface area contributed by atoms with E-state index >= 15 is 0 Å². The Kier molecular flexibility index (Phi) is 4.18. The summed E-state index contributed by atoms with van der Waals surface area (Å²) in [5.74, 6) is 2.08. The SMILES string of the molecule is Cc1cc(C)nc(C2CCN(C(=O)Cn3c(C)nc4ccccc43)C2)n1. The molecule has 0 radical (unpaired) electrons. The second-order valence-electron chi connectivity index (χ2n) is 7.07. The molecule has 26 heavy (non-hydrogen) atoms.